The Labute approximate surface area is 136 Å². The van der Waals surface area contributed by atoms with E-state index in [-0.39, 0.29) is 9.87 Å². The van der Waals surface area contributed by atoms with E-state index in [0.717, 1.165) is 37.8 Å². The van der Waals surface area contributed by atoms with Crippen LogP contribution < -0.4 is 4.85 Å². The average Bonchev–Trinajstić information content (AvgIpc) is 3.20. The SMILES string of the molecule is O=S(=O)(c1ccc(S(=O)(=O)C2CCCC2)[n+]([O-])n1)C1CCCC1. The topological polar surface area (TPSA) is 108 Å². The van der Waals surface area contributed by atoms with Crippen molar-refractivity contribution in [2.75, 3.05) is 0 Å². The van der Waals surface area contributed by atoms with Gasteiger partial charge in [0, 0.05) is 11.2 Å². The second kappa shape index (κ2) is 6.01. The number of sulfone groups is 2. The van der Waals surface area contributed by atoms with Crippen molar-refractivity contribution in [3.8, 4) is 0 Å². The lowest BCUT2D eigenvalue weighted by Gasteiger charge is -2.12. The van der Waals surface area contributed by atoms with E-state index in [1.807, 2.05) is 0 Å². The van der Waals surface area contributed by atoms with Crippen LogP contribution in [0, 0.1) is 5.21 Å². The zero-order chi connectivity index (χ0) is 16.7. The van der Waals surface area contributed by atoms with Gasteiger partial charge in [0.25, 0.3) is 0 Å². The molecule has 1 aromatic heterocycles. The van der Waals surface area contributed by atoms with Gasteiger partial charge in [-0.05, 0) is 36.6 Å². The third-order valence-corrected chi connectivity index (χ3v) is 9.19. The molecule has 0 aromatic carbocycles. The first-order valence-corrected chi connectivity index (χ1v) is 11.0. The van der Waals surface area contributed by atoms with Gasteiger partial charge in [0.1, 0.15) is 0 Å². The van der Waals surface area contributed by atoms with Gasteiger partial charge in [0.2, 0.25) is 24.7 Å². The number of hydrogen-bond acceptors (Lipinski definition) is 6. The van der Waals surface area contributed by atoms with E-state index in [4.69, 9.17) is 0 Å². The Balaban J connectivity index is 1.95. The highest BCUT2D eigenvalue weighted by Gasteiger charge is 2.38. The summed E-state index contributed by atoms with van der Waals surface area (Å²) in [5.74, 6) is 0. The quantitative estimate of drug-likeness (QED) is 0.589. The first-order chi connectivity index (χ1) is 10.8. The Bertz CT molecular complexity index is 792. The highest BCUT2D eigenvalue weighted by Crippen LogP contribution is 2.30. The molecule has 2 aliphatic carbocycles. The Morgan fingerprint density at radius 2 is 1.35 bits per heavy atom. The summed E-state index contributed by atoms with van der Waals surface area (Å²) in [6, 6.07) is 2.25. The van der Waals surface area contributed by atoms with Gasteiger partial charge >= 0.3 is 5.03 Å². The molecule has 0 amide bonds. The van der Waals surface area contributed by atoms with E-state index in [9.17, 15) is 22.0 Å². The van der Waals surface area contributed by atoms with Crippen LogP contribution in [0.15, 0.2) is 22.2 Å². The lowest BCUT2D eigenvalue weighted by atomic mass is 10.4. The molecule has 1 aromatic rings. The highest BCUT2D eigenvalue weighted by atomic mass is 32.2. The van der Waals surface area contributed by atoms with Crippen LogP contribution in [0.4, 0.5) is 0 Å². The fourth-order valence-electron chi connectivity index (χ4n) is 3.47. The molecule has 0 spiro atoms. The second-order valence-electron chi connectivity index (χ2n) is 6.29. The summed E-state index contributed by atoms with van der Waals surface area (Å²) in [5.41, 5.74) is 0. The molecular weight excluding hydrogens is 340 g/mol. The Morgan fingerprint density at radius 1 is 0.870 bits per heavy atom. The second-order valence-corrected chi connectivity index (χ2v) is 10.6. The van der Waals surface area contributed by atoms with Gasteiger partial charge in [0.05, 0.1) is 10.5 Å². The van der Waals surface area contributed by atoms with E-state index in [1.54, 1.807) is 0 Å². The van der Waals surface area contributed by atoms with Crippen LogP contribution in [-0.2, 0) is 19.7 Å². The Hall–Kier alpha value is -1.22. The van der Waals surface area contributed by atoms with Crippen LogP contribution in [0.2, 0.25) is 0 Å². The predicted molar refractivity (Wildman–Crippen MR) is 82.1 cm³/mol. The predicted octanol–water partition coefficient (Wildman–Crippen LogP) is 1.15. The lowest BCUT2D eigenvalue weighted by molar-refractivity contribution is -0.711. The smallest absolute Gasteiger partial charge is 0.335 e. The van der Waals surface area contributed by atoms with Crippen LogP contribution in [0.3, 0.4) is 0 Å². The maximum atomic E-state index is 12.5. The first-order valence-electron chi connectivity index (χ1n) is 7.92. The van der Waals surface area contributed by atoms with Gasteiger partial charge in [-0.3, -0.25) is 0 Å². The molecule has 2 aliphatic rings. The van der Waals surface area contributed by atoms with Crippen molar-refractivity contribution in [3.05, 3.63) is 17.3 Å². The highest BCUT2D eigenvalue weighted by molar-refractivity contribution is 7.92. The third kappa shape index (κ3) is 2.96. The molecule has 9 heteroatoms. The standard InChI is InChI=1S/C14H20N2O5S2/c17-16-14(23(20,21)12-7-3-4-8-12)10-9-13(15-16)22(18,19)11-5-1-2-6-11/h9-12H,1-8H2. The summed E-state index contributed by atoms with van der Waals surface area (Å²) < 4.78 is 49.8. The molecule has 2 saturated carbocycles. The molecular formula is C14H20N2O5S2. The minimum Gasteiger partial charge on any atom is -0.593 e. The minimum absolute atomic E-state index is 0.0323. The van der Waals surface area contributed by atoms with Crippen molar-refractivity contribution in [1.82, 2.24) is 5.10 Å². The van der Waals surface area contributed by atoms with E-state index in [0.29, 0.717) is 25.7 Å². The van der Waals surface area contributed by atoms with Gasteiger partial charge in [-0.25, -0.2) is 16.8 Å². The van der Waals surface area contributed by atoms with Crippen LogP contribution in [0.1, 0.15) is 51.4 Å². The molecule has 3 rings (SSSR count). The van der Waals surface area contributed by atoms with Crippen molar-refractivity contribution >= 4 is 19.7 Å². The summed E-state index contributed by atoms with van der Waals surface area (Å²) in [7, 11) is -7.43. The monoisotopic (exact) mass is 360 g/mol. The molecule has 128 valence electrons. The van der Waals surface area contributed by atoms with Crippen LogP contribution in [0.5, 0.6) is 0 Å². The zero-order valence-electron chi connectivity index (χ0n) is 12.7. The van der Waals surface area contributed by atoms with E-state index in [2.05, 4.69) is 5.10 Å². The van der Waals surface area contributed by atoms with Crippen LogP contribution in [0.25, 0.3) is 0 Å². The van der Waals surface area contributed by atoms with E-state index < -0.39 is 35.2 Å². The van der Waals surface area contributed by atoms with Crippen LogP contribution in [-0.4, -0.2) is 32.4 Å². The Morgan fingerprint density at radius 3 is 1.83 bits per heavy atom. The van der Waals surface area contributed by atoms with Crippen molar-refractivity contribution in [2.45, 2.75) is 71.9 Å². The summed E-state index contributed by atoms with van der Waals surface area (Å²) in [5, 5.41) is 13.7. The van der Waals surface area contributed by atoms with Crippen molar-refractivity contribution < 1.29 is 21.7 Å². The molecule has 2 fully saturated rings. The van der Waals surface area contributed by atoms with Gasteiger partial charge in [-0.1, -0.05) is 25.7 Å². The number of nitrogens with zero attached hydrogens (tertiary/aromatic N) is 2. The van der Waals surface area contributed by atoms with Gasteiger partial charge < -0.3 is 5.21 Å². The summed E-state index contributed by atoms with van der Waals surface area (Å²) in [4.78, 5) is -0.0323. The fourth-order valence-corrected chi connectivity index (χ4v) is 7.03. The van der Waals surface area contributed by atoms with Crippen LogP contribution >= 0.6 is 0 Å². The van der Waals surface area contributed by atoms with Crippen molar-refractivity contribution in [2.24, 2.45) is 0 Å². The fraction of sp³-hybridized carbons (Fsp3) is 0.714. The Kier molecular flexibility index (Phi) is 4.35. The molecule has 0 bridgehead atoms. The summed E-state index contributed by atoms with van der Waals surface area (Å²) >= 11 is 0. The number of rotatable bonds is 4. The average molecular weight is 360 g/mol. The molecule has 0 saturated heterocycles. The van der Waals surface area contributed by atoms with E-state index in [1.165, 1.54) is 0 Å². The van der Waals surface area contributed by atoms with Gasteiger partial charge in [-0.15, -0.1) is 0 Å². The molecule has 0 unspecified atom stereocenters. The summed E-state index contributed by atoms with van der Waals surface area (Å²) in [6.45, 7) is 0. The van der Waals surface area contributed by atoms with Gasteiger partial charge in [0.15, 0.2) is 0 Å². The third-order valence-electron chi connectivity index (χ3n) is 4.81. The van der Waals surface area contributed by atoms with Gasteiger partial charge in [-0.2, -0.15) is 0 Å². The minimum atomic E-state index is -3.76. The zero-order valence-corrected chi connectivity index (χ0v) is 14.4. The van der Waals surface area contributed by atoms with Crippen molar-refractivity contribution in [3.63, 3.8) is 0 Å². The molecule has 0 N–H and O–H groups in total. The maximum Gasteiger partial charge on any atom is 0.335 e. The van der Waals surface area contributed by atoms with E-state index >= 15 is 0 Å². The van der Waals surface area contributed by atoms with Crippen molar-refractivity contribution in [1.29, 1.82) is 0 Å². The first kappa shape index (κ1) is 16.6. The largest absolute Gasteiger partial charge is 0.593 e. The molecule has 23 heavy (non-hydrogen) atoms. The molecule has 0 aliphatic heterocycles. The lowest BCUT2D eigenvalue weighted by Crippen LogP contribution is -2.42. The molecule has 0 radical (unpaired) electrons. The maximum absolute atomic E-state index is 12.5. The molecule has 0 atom stereocenters. The molecule has 7 nitrogen and oxygen atoms in total. The number of hydrogen-bond donors (Lipinski definition) is 0. The number of aromatic nitrogens is 2. The normalized spacial score (nSPS) is 21.0. The molecule has 1 heterocycles. The summed E-state index contributed by atoms with van der Waals surface area (Å²) in [6.07, 6.45) is 5.52.